The first-order valence-corrected chi connectivity index (χ1v) is 6.55. The van der Waals surface area contributed by atoms with Crippen LogP contribution in [0, 0.1) is 0 Å². The Bertz CT molecular complexity index is 426. The molecule has 1 aliphatic rings. The maximum Gasteiger partial charge on any atom is 0.295 e. The number of carbonyl (C=O) groups is 1. The number of hydrogen-bond donors (Lipinski definition) is 1. The topological polar surface area (TPSA) is 74.5 Å². The summed E-state index contributed by atoms with van der Waals surface area (Å²) in [4.78, 5) is 19.9. The third-order valence-electron chi connectivity index (χ3n) is 3.22. The second-order valence-corrected chi connectivity index (χ2v) is 5.14. The third-order valence-corrected chi connectivity index (χ3v) is 3.22. The molecule has 2 heterocycles. The van der Waals surface area contributed by atoms with E-state index in [4.69, 9.17) is 4.52 Å². The summed E-state index contributed by atoms with van der Waals surface area (Å²) in [6.07, 6.45) is 2.07. The Labute approximate surface area is 112 Å². The fraction of sp³-hybridized carbons (Fsp3) is 0.750. The van der Waals surface area contributed by atoms with Gasteiger partial charge in [0, 0.05) is 20.1 Å². The molecular weight excluding hydrogens is 246 g/mol. The third kappa shape index (κ3) is 3.51. The first-order valence-electron chi connectivity index (χ1n) is 6.55. The molecule has 0 spiro atoms. The zero-order valence-electron chi connectivity index (χ0n) is 11.7. The van der Waals surface area contributed by atoms with E-state index in [0.717, 1.165) is 25.9 Å². The first-order chi connectivity index (χ1) is 9.08. The van der Waals surface area contributed by atoms with E-state index in [2.05, 4.69) is 15.5 Å². The van der Waals surface area contributed by atoms with Crippen LogP contribution >= 0.6 is 0 Å². The van der Waals surface area contributed by atoms with Crippen LogP contribution in [-0.2, 0) is 0 Å². The van der Waals surface area contributed by atoms with Crippen LogP contribution in [0.15, 0.2) is 4.52 Å². The van der Waals surface area contributed by atoms with Crippen LogP contribution in [0.1, 0.15) is 35.4 Å². The van der Waals surface area contributed by atoms with E-state index in [1.165, 1.54) is 0 Å². The summed E-state index contributed by atoms with van der Waals surface area (Å²) in [6, 6.07) is 0.0983. The van der Waals surface area contributed by atoms with Crippen molar-refractivity contribution in [3.8, 4) is 0 Å². The van der Waals surface area contributed by atoms with Gasteiger partial charge in [-0.1, -0.05) is 5.16 Å². The second-order valence-electron chi connectivity index (χ2n) is 5.14. The van der Waals surface area contributed by atoms with Gasteiger partial charge >= 0.3 is 0 Å². The highest BCUT2D eigenvalue weighted by Crippen LogP contribution is 2.21. The van der Waals surface area contributed by atoms with Crippen molar-refractivity contribution in [2.75, 3.05) is 40.8 Å². The lowest BCUT2D eigenvalue weighted by atomic mass is 10.2. The van der Waals surface area contributed by atoms with Gasteiger partial charge in [0.2, 0.25) is 5.89 Å². The van der Waals surface area contributed by atoms with E-state index in [1.807, 2.05) is 19.0 Å². The fourth-order valence-corrected chi connectivity index (χ4v) is 1.98. The quantitative estimate of drug-likeness (QED) is 0.817. The molecule has 2 rings (SSSR count). The first kappa shape index (κ1) is 14.0. The summed E-state index contributed by atoms with van der Waals surface area (Å²) >= 11 is 0. The van der Waals surface area contributed by atoms with Gasteiger partial charge in [-0.15, -0.1) is 0 Å². The monoisotopic (exact) mass is 267 g/mol. The molecule has 1 aliphatic heterocycles. The van der Waals surface area contributed by atoms with Gasteiger partial charge in [-0.05, 0) is 33.5 Å². The molecule has 106 valence electrons. The van der Waals surface area contributed by atoms with Gasteiger partial charge in [0.1, 0.15) is 0 Å². The predicted octanol–water partition coefficient (Wildman–Crippen LogP) is 0.128. The number of aromatic nitrogens is 2. The molecule has 1 aromatic rings. The number of carbonyl (C=O) groups excluding carboxylic acids is 1. The zero-order chi connectivity index (χ0) is 13.8. The lowest BCUT2D eigenvalue weighted by Gasteiger charge is -2.17. The van der Waals surface area contributed by atoms with Crippen molar-refractivity contribution in [3.05, 3.63) is 11.7 Å². The Morgan fingerprint density at radius 2 is 2.21 bits per heavy atom. The summed E-state index contributed by atoms with van der Waals surface area (Å²) < 4.78 is 5.16. The number of amides is 1. The van der Waals surface area contributed by atoms with E-state index in [-0.39, 0.29) is 17.8 Å². The van der Waals surface area contributed by atoms with Crippen molar-refractivity contribution in [2.45, 2.75) is 18.9 Å². The fourth-order valence-electron chi connectivity index (χ4n) is 1.98. The van der Waals surface area contributed by atoms with Gasteiger partial charge in [-0.3, -0.25) is 4.79 Å². The van der Waals surface area contributed by atoms with Crippen molar-refractivity contribution < 1.29 is 9.32 Å². The average Bonchev–Trinajstić information content (AvgIpc) is 3.04. The van der Waals surface area contributed by atoms with Crippen molar-refractivity contribution >= 4 is 5.91 Å². The summed E-state index contributed by atoms with van der Waals surface area (Å²) in [7, 11) is 5.68. The maximum absolute atomic E-state index is 12.1. The summed E-state index contributed by atoms with van der Waals surface area (Å²) in [5, 5.41) is 7.04. The molecule has 0 aliphatic carbocycles. The Hall–Kier alpha value is -1.47. The summed E-state index contributed by atoms with van der Waals surface area (Å²) in [5.74, 6) is 0.460. The molecule has 1 amide bonds. The molecule has 1 saturated heterocycles. The minimum absolute atomic E-state index is 0.0983. The van der Waals surface area contributed by atoms with Crippen LogP contribution in [0.5, 0.6) is 0 Å². The molecule has 1 unspecified atom stereocenters. The molecule has 19 heavy (non-hydrogen) atoms. The number of rotatable bonds is 5. The largest absolute Gasteiger partial charge is 0.338 e. The SMILES string of the molecule is CN(C)CCN(C)C(=O)c1noc(C2CCCN2)n1. The second kappa shape index (κ2) is 6.12. The standard InChI is InChI=1S/C12H21N5O2/c1-16(2)7-8-17(3)12(18)10-14-11(19-15-10)9-5-4-6-13-9/h9,13H,4-8H2,1-3H3. The number of likely N-dealkylation sites (N-methyl/N-ethyl adjacent to an activating group) is 2. The highest BCUT2D eigenvalue weighted by atomic mass is 16.5. The van der Waals surface area contributed by atoms with Crippen LogP contribution in [-0.4, -0.2) is 66.6 Å². The molecule has 1 aromatic heterocycles. The normalized spacial score (nSPS) is 19.1. The summed E-state index contributed by atoms with van der Waals surface area (Å²) in [6.45, 7) is 2.40. The van der Waals surface area contributed by atoms with Crippen molar-refractivity contribution in [1.29, 1.82) is 0 Å². The van der Waals surface area contributed by atoms with Crippen LogP contribution in [0.4, 0.5) is 0 Å². The maximum atomic E-state index is 12.1. The minimum atomic E-state index is -0.199. The molecule has 1 atom stereocenters. The highest BCUT2D eigenvalue weighted by molar-refractivity contribution is 5.90. The van der Waals surface area contributed by atoms with Crippen LogP contribution in [0.2, 0.25) is 0 Å². The van der Waals surface area contributed by atoms with Gasteiger partial charge in [0.15, 0.2) is 0 Å². The molecule has 0 radical (unpaired) electrons. The molecule has 7 nitrogen and oxygen atoms in total. The molecular formula is C12H21N5O2. The van der Waals surface area contributed by atoms with Gasteiger partial charge < -0.3 is 19.6 Å². The Kier molecular flexibility index (Phi) is 4.49. The smallest absolute Gasteiger partial charge is 0.295 e. The number of nitrogens with zero attached hydrogens (tertiary/aromatic N) is 4. The minimum Gasteiger partial charge on any atom is -0.338 e. The van der Waals surface area contributed by atoms with Gasteiger partial charge in [-0.2, -0.15) is 4.98 Å². The zero-order valence-corrected chi connectivity index (χ0v) is 11.7. The van der Waals surface area contributed by atoms with Gasteiger partial charge in [0.05, 0.1) is 6.04 Å². The van der Waals surface area contributed by atoms with Crippen LogP contribution < -0.4 is 5.32 Å². The average molecular weight is 267 g/mol. The van der Waals surface area contributed by atoms with Crippen molar-refractivity contribution in [1.82, 2.24) is 25.3 Å². The van der Waals surface area contributed by atoms with E-state index in [0.29, 0.717) is 12.4 Å². The van der Waals surface area contributed by atoms with Crippen molar-refractivity contribution in [3.63, 3.8) is 0 Å². The molecule has 7 heteroatoms. The van der Waals surface area contributed by atoms with E-state index in [1.54, 1.807) is 11.9 Å². The molecule has 0 aromatic carbocycles. The van der Waals surface area contributed by atoms with E-state index < -0.39 is 0 Å². The Balaban J connectivity index is 1.95. The molecule has 1 N–H and O–H groups in total. The van der Waals surface area contributed by atoms with E-state index >= 15 is 0 Å². The Morgan fingerprint density at radius 3 is 2.84 bits per heavy atom. The van der Waals surface area contributed by atoms with Crippen LogP contribution in [0.25, 0.3) is 0 Å². The van der Waals surface area contributed by atoms with Crippen LogP contribution in [0.3, 0.4) is 0 Å². The Morgan fingerprint density at radius 1 is 1.42 bits per heavy atom. The van der Waals surface area contributed by atoms with Gasteiger partial charge in [-0.25, -0.2) is 0 Å². The lowest BCUT2D eigenvalue weighted by molar-refractivity contribution is 0.0771. The van der Waals surface area contributed by atoms with Gasteiger partial charge in [0.25, 0.3) is 11.7 Å². The number of hydrogen-bond acceptors (Lipinski definition) is 6. The molecule has 1 fully saturated rings. The predicted molar refractivity (Wildman–Crippen MR) is 69.8 cm³/mol. The van der Waals surface area contributed by atoms with E-state index in [9.17, 15) is 4.79 Å². The summed E-state index contributed by atoms with van der Waals surface area (Å²) in [5.41, 5.74) is 0. The molecule has 0 saturated carbocycles. The number of nitrogens with one attached hydrogen (secondary N) is 1. The van der Waals surface area contributed by atoms with Crippen molar-refractivity contribution in [2.24, 2.45) is 0 Å². The lowest BCUT2D eigenvalue weighted by Crippen LogP contribution is -2.34. The highest BCUT2D eigenvalue weighted by Gasteiger charge is 2.25. The molecule has 0 bridgehead atoms.